The topological polar surface area (TPSA) is 106 Å². The van der Waals surface area contributed by atoms with Crippen LogP contribution in [0.15, 0.2) is 5.38 Å². The van der Waals surface area contributed by atoms with E-state index in [2.05, 4.69) is 20.6 Å². The average molecular weight is 242 g/mol. The molecule has 7 nitrogen and oxygen atoms in total. The van der Waals surface area contributed by atoms with Gasteiger partial charge in [-0.2, -0.15) is 0 Å². The molecule has 0 bridgehead atoms. The first-order chi connectivity index (χ1) is 7.70. The third kappa shape index (κ3) is 2.18. The fourth-order valence-electron chi connectivity index (χ4n) is 1.19. The number of hydrogen-bond donors (Lipinski definition) is 3. The standard InChI is InChI=1S/C8H10N4O3S/c9-1-6-10-5(3-16-6)7(13)11-4-2-15-12-8(4)14/h3-4H,1-2,9H2,(H,11,13)(H,12,14)/t4-/m1/s1. The van der Waals surface area contributed by atoms with Gasteiger partial charge in [0.15, 0.2) is 0 Å². The molecule has 0 spiro atoms. The second-order valence-electron chi connectivity index (χ2n) is 3.13. The summed E-state index contributed by atoms with van der Waals surface area (Å²) in [6.07, 6.45) is 0. The first-order valence-corrected chi connectivity index (χ1v) is 5.45. The Morgan fingerprint density at radius 3 is 3.19 bits per heavy atom. The molecule has 1 aromatic rings. The zero-order valence-corrected chi connectivity index (χ0v) is 9.04. The Kier molecular flexibility index (Phi) is 3.13. The Bertz CT molecular complexity index is 419. The van der Waals surface area contributed by atoms with Crippen molar-refractivity contribution >= 4 is 23.2 Å². The molecule has 1 aliphatic rings. The number of hydroxylamine groups is 1. The van der Waals surface area contributed by atoms with E-state index in [-0.39, 0.29) is 18.2 Å². The highest BCUT2D eigenvalue weighted by molar-refractivity contribution is 7.09. The molecular weight excluding hydrogens is 232 g/mol. The molecule has 1 saturated heterocycles. The maximum absolute atomic E-state index is 11.6. The number of thiazole rings is 1. The number of amides is 2. The molecule has 0 aliphatic carbocycles. The third-order valence-corrected chi connectivity index (χ3v) is 2.87. The van der Waals surface area contributed by atoms with E-state index in [9.17, 15) is 9.59 Å². The van der Waals surface area contributed by atoms with Crippen molar-refractivity contribution in [3.63, 3.8) is 0 Å². The quantitative estimate of drug-likeness (QED) is 0.614. The lowest BCUT2D eigenvalue weighted by Crippen LogP contribution is -2.41. The molecule has 1 atom stereocenters. The molecule has 2 rings (SSSR count). The first-order valence-electron chi connectivity index (χ1n) is 4.57. The Morgan fingerprint density at radius 1 is 1.81 bits per heavy atom. The van der Waals surface area contributed by atoms with Crippen LogP contribution in [-0.4, -0.2) is 29.4 Å². The molecule has 0 aromatic carbocycles. The minimum atomic E-state index is -0.657. The van der Waals surface area contributed by atoms with Gasteiger partial charge in [0, 0.05) is 11.9 Å². The molecule has 0 unspecified atom stereocenters. The summed E-state index contributed by atoms with van der Waals surface area (Å²) in [4.78, 5) is 31.4. The van der Waals surface area contributed by atoms with Gasteiger partial charge >= 0.3 is 0 Å². The van der Waals surface area contributed by atoms with Crippen LogP contribution < -0.4 is 16.5 Å². The lowest BCUT2D eigenvalue weighted by Gasteiger charge is -2.05. The molecule has 16 heavy (non-hydrogen) atoms. The minimum Gasteiger partial charge on any atom is -0.337 e. The molecule has 8 heteroatoms. The molecular formula is C8H10N4O3S. The predicted molar refractivity (Wildman–Crippen MR) is 55.4 cm³/mol. The first kappa shape index (κ1) is 11.0. The van der Waals surface area contributed by atoms with Gasteiger partial charge in [-0.1, -0.05) is 0 Å². The van der Waals surface area contributed by atoms with Crippen molar-refractivity contribution < 1.29 is 14.4 Å². The number of nitrogens with zero attached hydrogens (tertiary/aromatic N) is 1. The Morgan fingerprint density at radius 2 is 2.62 bits per heavy atom. The summed E-state index contributed by atoms with van der Waals surface area (Å²) in [5, 5.41) is 4.79. The fraction of sp³-hybridized carbons (Fsp3) is 0.375. The zero-order valence-electron chi connectivity index (χ0n) is 8.23. The lowest BCUT2D eigenvalue weighted by molar-refractivity contribution is -0.125. The number of nitrogens with one attached hydrogen (secondary N) is 2. The summed E-state index contributed by atoms with van der Waals surface area (Å²) in [5.74, 6) is -0.760. The van der Waals surface area contributed by atoms with Gasteiger partial charge in [0.2, 0.25) is 0 Å². The highest BCUT2D eigenvalue weighted by Gasteiger charge is 2.27. The van der Waals surface area contributed by atoms with E-state index in [1.807, 2.05) is 0 Å². The van der Waals surface area contributed by atoms with Crippen LogP contribution in [0.4, 0.5) is 0 Å². The minimum absolute atomic E-state index is 0.123. The van der Waals surface area contributed by atoms with E-state index in [0.29, 0.717) is 11.6 Å². The van der Waals surface area contributed by atoms with Crippen molar-refractivity contribution in [3.05, 3.63) is 16.1 Å². The van der Waals surface area contributed by atoms with E-state index in [0.717, 1.165) is 0 Å². The van der Waals surface area contributed by atoms with Gasteiger partial charge in [-0.25, -0.2) is 10.5 Å². The van der Waals surface area contributed by atoms with Crippen molar-refractivity contribution in [2.24, 2.45) is 5.73 Å². The van der Waals surface area contributed by atoms with Gasteiger partial charge in [0.05, 0.1) is 0 Å². The number of hydrogen-bond acceptors (Lipinski definition) is 6. The van der Waals surface area contributed by atoms with Crippen LogP contribution in [0, 0.1) is 0 Å². The number of aromatic nitrogens is 1. The van der Waals surface area contributed by atoms with Gasteiger partial charge in [-0.05, 0) is 0 Å². The van der Waals surface area contributed by atoms with Gasteiger partial charge in [-0.15, -0.1) is 11.3 Å². The maximum Gasteiger partial charge on any atom is 0.271 e. The summed E-state index contributed by atoms with van der Waals surface area (Å²) in [5.41, 5.74) is 7.80. The van der Waals surface area contributed by atoms with Crippen LogP contribution in [-0.2, 0) is 16.2 Å². The van der Waals surface area contributed by atoms with E-state index in [1.54, 1.807) is 5.38 Å². The summed E-state index contributed by atoms with van der Waals surface area (Å²) >= 11 is 1.31. The van der Waals surface area contributed by atoms with Crippen LogP contribution in [0.5, 0.6) is 0 Å². The van der Waals surface area contributed by atoms with E-state index < -0.39 is 11.9 Å². The Labute approximate surface area is 94.9 Å². The lowest BCUT2D eigenvalue weighted by atomic mass is 10.3. The van der Waals surface area contributed by atoms with Crippen LogP contribution in [0.1, 0.15) is 15.5 Å². The van der Waals surface area contributed by atoms with Crippen LogP contribution in [0.3, 0.4) is 0 Å². The van der Waals surface area contributed by atoms with Crippen LogP contribution in [0.2, 0.25) is 0 Å². The summed E-state index contributed by atoms with van der Waals surface area (Å²) < 4.78 is 0. The average Bonchev–Trinajstić information content (AvgIpc) is 2.88. The number of carbonyl (C=O) groups is 2. The monoisotopic (exact) mass is 242 g/mol. The summed E-state index contributed by atoms with van der Waals surface area (Å²) in [6.45, 7) is 0.420. The van der Waals surface area contributed by atoms with Crippen molar-refractivity contribution in [1.29, 1.82) is 0 Å². The maximum atomic E-state index is 11.6. The molecule has 1 fully saturated rings. The van der Waals surface area contributed by atoms with Crippen molar-refractivity contribution in [3.8, 4) is 0 Å². The third-order valence-electron chi connectivity index (χ3n) is 2.00. The SMILES string of the molecule is NCc1nc(C(=O)N[C@@H]2CONC2=O)cs1. The molecule has 86 valence electrons. The number of rotatable bonds is 3. The van der Waals surface area contributed by atoms with Gasteiger partial charge in [0.1, 0.15) is 23.4 Å². The van der Waals surface area contributed by atoms with Gasteiger partial charge < -0.3 is 11.1 Å². The van der Waals surface area contributed by atoms with Crippen molar-refractivity contribution in [1.82, 2.24) is 15.8 Å². The highest BCUT2D eigenvalue weighted by Crippen LogP contribution is 2.09. The highest BCUT2D eigenvalue weighted by atomic mass is 32.1. The van der Waals surface area contributed by atoms with E-state index >= 15 is 0 Å². The Hall–Kier alpha value is -1.51. The van der Waals surface area contributed by atoms with E-state index in [4.69, 9.17) is 5.73 Å². The normalized spacial score (nSPS) is 19.6. The molecule has 1 aromatic heterocycles. The molecule has 0 radical (unpaired) electrons. The Balaban J connectivity index is 1.99. The number of nitrogens with two attached hydrogens (primary N) is 1. The fourth-order valence-corrected chi connectivity index (χ4v) is 1.85. The molecule has 2 heterocycles. The summed E-state index contributed by atoms with van der Waals surface area (Å²) in [7, 11) is 0. The number of carbonyl (C=O) groups excluding carboxylic acids is 2. The van der Waals surface area contributed by atoms with Gasteiger partial charge in [0.25, 0.3) is 11.8 Å². The van der Waals surface area contributed by atoms with Crippen LogP contribution in [0.25, 0.3) is 0 Å². The second kappa shape index (κ2) is 4.56. The van der Waals surface area contributed by atoms with Crippen molar-refractivity contribution in [2.75, 3.05) is 6.61 Å². The smallest absolute Gasteiger partial charge is 0.271 e. The summed E-state index contributed by atoms with van der Waals surface area (Å²) in [6, 6.07) is -0.657. The van der Waals surface area contributed by atoms with E-state index in [1.165, 1.54) is 11.3 Å². The molecule has 4 N–H and O–H groups in total. The second-order valence-corrected chi connectivity index (χ2v) is 4.08. The molecule has 2 amide bonds. The zero-order chi connectivity index (χ0) is 11.5. The molecule has 1 aliphatic heterocycles. The predicted octanol–water partition coefficient (Wildman–Crippen LogP) is -1.24. The van der Waals surface area contributed by atoms with Crippen molar-refractivity contribution in [2.45, 2.75) is 12.6 Å². The largest absolute Gasteiger partial charge is 0.337 e. The molecule has 0 saturated carbocycles. The van der Waals surface area contributed by atoms with Crippen LogP contribution >= 0.6 is 11.3 Å². The van der Waals surface area contributed by atoms with Gasteiger partial charge in [-0.3, -0.25) is 14.4 Å².